The zero-order valence-corrected chi connectivity index (χ0v) is 21.3. The first-order valence-electron chi connectivity index (χ1n) is 12.3. The zero-order valence-electron chi connectivity index (χ0n) is 20.5. The fourth-order valence-electron chi connectivity index (χ4n) is 5.17. The van der Waals surface area contributed by atoms with E-state index in [0.29, 0.717) is 27.4 Å². The second-order valence-corrected chi connectivity index (χ2v) is 10.0. The lowest BCUT2D eigenvalue weighted by Gasteiger charge is -2.30. The summed E-state index contributed by atoms with van der Waals surface area (Å²) in [5, 5.41) is 0. The van der Waals surface area contributed by atoms with Crippen LogP contribution in [0.2, 0.25) is 0 Å². The molecule has 3 aromatic carbocycles. The van der Waals surface area contributed by atoms with E-state index in [1.165, 1.54) is 29.0 Å². The monoisotopic (exact) mass is 512 g/mol. The molecule has 5 nitrogen and oxygen atoms in total. The Labute approximate surface area is 217 Å². The third-order valence-corrected chi connectivity index (χ3v) is 7.83. The first-order valence-corrected chi connectivity index (χ1v) is 13.1. The summed E-state index contributed by atoms with van der Waals surface area (Å²) in [7, 11) is 1.60. The Morgan fingerprint density at radius 2 is 1.89 bits per heavy atom. The van der Waals surface area contributed by atoms with Gasteiger partial charge in [-0.05, 0) is 72.4 Å². The van der Waals surface area contributed by atoms with E-state index in [1.54, 1.807) is 23.8 Å². The van der Waals surface area contributed by atoms with E-state index in [-0.39, 0.29) is 17.4 Å². The van der Waals surface area contributed by atoms with Crippen LogP contribution in [0.4, 0.5) is 4.39 Å². The number of allylic oxidation sites excluding steroid dienone is 1. The van der Waals surface area contributed by atoms with Crippen molar-refractivity contribution in [3.63, 3.8) is 0 Å². The normalized spacial score (nSPS) is 16.5. The van der Waals surface area contributed by atoms with Crippen LogP contribution in [0.25, 0.3) is 11.8 Å². The first-order chi connectivity index (χ1) is 18.1. The maximum absolute atomic E-state index is 13.8. The number of fused-ring (bicyclic) bond motifs is 3. The summed E-state index contributed by atoms with van der Waals surface area (Å²) in [6, 6.07) is 20.0. The molecule has 0 saturated carbocycles. The summed E-state index contributed by atoms with van der Waals surface area (Å²) < 4.78 is 27.3. The van der Waals surface area contributed by atoms with Gasteiger partial charge in [0.2, 0.25) is 0 Å². The van der Waals surface area contributed by atoms with Crippen LogP contribution in [0.5, 0.6) is 11.5 Å². The minimum atomic E-state index is -0.336. The summed E-state index contributed by atoms with van der Waals surface area (Å²) >= 11 is 1.36. The van der Waals surface area contributed by atoms with Gasteiger partial charge in [0.25, 0.3) is 5.56 Å². The van der Waals surface area contributed by atoms with Gasteiger partial charge in [0.05, 0.1) is 30.0 Å². The molecule has 2 heterocycles. The number of hydrogen-bond donors (Lipinski definition) is 0. The lowest BCUT2D eigenvalue weighted by Crippen LogP contribution is -2.38. The molecule has 1 aliphatic carbocycles. The number of ether oxygens (including phenoxy) is 2. The number of rotatable bonds is 5. The number of hydrogen-bond acceptors (Lipinski definition) is 5. The molecule has 0 saturated heterocycles. The van der Waals surface area contributed by atoms with Crippen molar-refractivity contribution in [2.45, 2.75) is 25.8 Å². The van der Waals surface area contributed by atoms with Crippen molar-refractivity contribution in [2.24, 2.45) is 4.99 Å². The molecule has 7 heteroatoms. The highest BCUT2D eigenvalue weighted by Crippen LogP contribution is 2.41. The van der Waals surface area contributed by atoms with E-state index in [1.807, 2.05) is 43.3 Å². The second kappa shape index (κ2) is 9.48. The third-order valence-electron chi connectivity index (χ3n) is 6.84. The highest BCUT2D eigenvalue weighted by Gasteiger charge is 2.32. The van der Waals surface area contributed by atoms with Gasteiger partial charge in [-0.25, -0.2) is 9.38 Å². The van der Waals surface area contributed by atoms with Crippen LogP contribution < -0.4 is 24.4 Å². The van der Waals surface area contributed by atoms with Gasteiger partial charge in [-0.1, -0.05) is 53.8 Å². The number of benzene rings is 3. The van der Waals surface area contributed by atoms with Crippen LogP contribution >= 0.6 is 11.3 Å². The Hall–Kier alpha value is -3.97. The Balaban J connectivity index is 1.56. The van der Waals surface area contributed by atoms with E-state index in [9.17, 15) is 9.18 Å². The summed E-state index contributed by atoms with van der Waals surface area (Å²) in [6.07, 6.45) is 3.52. The molecule has 0 radical (unpaired) electrons. The van der Waals surface area contributed by atoms with E-state index < -0.39 is 0 Å². The number of aromatic nitrogens is 1. The van der Waals surface area contributed by atoms with Crippen molar-refractivity contribution in [2.75, 3.05) is 13.7 Å². The topological polar surface area (TPSA) is 52.8 Å². The zero-order chi connectivity index (χ0) is 25.5. The van der Waals surface area contributed by atoms with Crippen molar-refractivity contribution in [1.82, 2.24) is 4.57 Å². The highest BCUT2D eigenvalue weighted by atomic mass is 32.1. The standard InChI is InChI=1S/C30H25FN2O3S/c1-3-36-24-15-8-18(16-25(24)35-2)17-26-29(34)33-28(20-9-12-21(31)13-10-20)23-14-11-19-6-4-5-7-22(19)27(23)32-30(33)37-26/h4-10,12-13,15-17,28H,3,11,14H2,1-2H3/b26-17+/t28-/m0/s1. The molecule has 1 aromatic heterocycles. The molecule has 1 aliphatic heterocycles. The third kappa shape index (κ3) is 4.09. The molecule has 6 rings (SSSR count). The van der Waals surface area contributed by atoms with Gasteiger partial charge in [0.1, 0.15) is 5.82 Å². The molecule has 0 N–H and O–H groups in total. The number of aryl methyl sites for hydroxylation is 1. The lowest BCUT2D eigenvalue weighted by atomic mass is 9.83. The Bertz CT molecular complexity index is 1720. The van der Waals surface area contributed by atoms with E-state index >= 15 is 0 Å². The SMILES string of the molecule is CCOc1ccc(/C=c2/sc3n(c2=O)[C@@H](c2ccc(F)cc2)C2=C(N=3)c3ccccc3CC2)cc1OC. The van der Waals surface area contributed by atoms with Gasteiger partial charge < -0.3 is 9.47 Å². The highest BCUT2D eigenvalue weighted by molar-refractivity contribution is 7.07. The van der Waals surface area contributed by atoms with E-state index in [0.717, 1.165) is 40.8 Å². The fraction of sp³-hybridized carbons (Fsp3) is 0.200. The van der Waals surface area contributed by atoms with Gasteiger partial charge in [-0.3, -0.25) is 9.36 Å². The van der Waals surface area contributed by atoms with Gasteiger partial charge in [-0.15, -0.1) is 0 Å². The van der Waals surface area contributed by atoms with Crippen molar-refractivity contribution >= 4 is 23.1 Å². The van der Waals surface area contributed by atoms with E-state index in [4.69, 9.17) is 14.5 Å². The molecule has 1 atom stereocenters. The molecule has 0 unspecified atom stereocenters. The number of methoxy groups -OCH3 is 1. The average molecular weight is 513 g/mol. The Morgan fingerprint density at radius 3 is 2.68 bits per heavy atom. The molecular formula is C30H25FN2O3S. The largest absolute Gasteiger partial charge is 0.493 e. The fourth-order valence-corrected chi connectivity index (χ4v) is 6.17. The van der Waals surface area contributed by atoms with Crippen molar-refractivity contribution in [1.29, 1.82) is 0 Å². The average Bonchev–Trinajstić information content (AvgIpc) is 3.23. The van der Waals surface area contributed by atoms with Gasteiger partial charge >= 0.3 is 0 Å². The summed E-state index contributed by atoms with van der Waals surface area (Å²) in [4.78, 5) is 19.5. The van der Waals surface area contributed by atoms with Crippen LogP contribution in [0.1, 0.15) is 41.6 Å². The van der Waals surface area contributed by atoms with Crippen molar-refractivity contribution < 1.29 is 13.9 Å². The van der Waals surface area contributed by atoms with Crippen LogP contribution in [0.3, 0.4) is 0 Å². The van der Waals surface area contributed by atoms with Crippen molar-refractivity contribution in [3.8, 4) is 11.5 Å². The van der Waals surface area contributed by atoms with Crippen LogP contribution in [0, 0.1) is 5.82 Å². The molecule has 37 heavy (non-hydrogen) atoms. The predicted molar refractivity (Wildman–Crippen MR) is 143 cm³/mol. The quantitative estimate of drug-likeness (QED) is 0.384. The maximum Gasteiger partial charge on any atom is 0.271 e. The van der Waals surface area contributed by atoms with E-state index in [2.05, 4.69) is 12.1 Å². The Kier molecular flexibility index (Phi) is 6.00. The molecule has 4 aromatic rings. The van der Waals surface area contributed by atoms with Crippen LogP contribution in [0.15, 0.2) is 82.1 Å². The first kappa shape index (κ1) is 23.4. The summed E-state index contributed by atoms with van der Waals surface area (Å²) in [5.41, 5.74) is 5.96. The number of halogens is 1. The molecule has 0 spiro atoms. The molecular weight excluding hydrogens is 487 g/mol. The lowest BCUT2D eigenvalue weighted by molar-refractivity contribution is 0.311. The Morgan fingerprint density at radius 1 is 1.08 bits per heavy atom. The smallest absolute Gasteiger partial charge is 0.271 e. The van der Waals surface area contributed by atoms with Crippen LogP contribution in [-0.4, -0.2) is 18.3 Å². The molecule has 0 bridgehead atoms. The maximum atomic E-state index is 13.8. The summed E-state index contributed by atoms with van der Waals surface area (Å²) in [6.45, 7) is 2.45. The predicted octanol–water partition coefficient (Wildman–Crippen LogP) is 4.87. The molecule has 0 fully saturated rings. The number of nitrogens with zero attached hydrogens (tertiary/aromatic N) is 2. The molecule has 0 amide bonds. The molecule has 2 aliphatic rings. The van der Waals surface area contributed by atoms with Crippen molar-refractivity contribution in [3.05, 3.63) is 120 Å². The van der Waals surface area contributed by atoms with Gasteiger partial charge in [0, 0.05) is 5.56 Å². The van der Waals surface area contributed by atoms with Crippen LogP contribution in [-0.2, 0) is 6.42 Å². The summed E-state index contributed by atoms with van der Waals surface area (Å²) in [5.74, 6) is 0.967. The van der Waals surface area contributed by atoms with Gasteiger partial charge in [-0.2, -0.15) is 0 Å². The minimum Gasteiger partial charge on any atom is -0.493 e. The van der Waals surface area contributed by atoms with Gasteiger partial charge in [0.15, 0.2) is 16.3 Å². The second-order valence-electron chi connectivity index (χ2n) is 9.01. The molecule has 186 valence electrons. The number of thiazole rings is 1. The minimum absolute atomic E-state index is 0.115.